The Kier molecular flexibility index (Phi) is 6.01. The summed E-state index contributed by atoms with van der Waals surface area (Å²) in [7, 11) is 0. The van der Waals surface area contributed by atoms with Crippen molar-refractivity contribution < 1.29 is 4.74 Å². The number of nitrogens with zero attached hydrogens (tertiary/aromatic N) is 2. The quantitative estimate of drug-likeness (QED) is 0.614. The lowest BCUT2D eigenvalue weighted by Crippen LogP contribution is -2.11. The molecule has 2 N–H and O–H groups in total. The van der Waals surface area contributed by atoms with Crippen molar-refractivity contribution in [2.24, 2.45) is 5.10 Å². The summed E-state index contributed by atoms with van der Waals surface area (Å²) in [5.74, 6) is 0.719. The minimum atomic E-state index is -0.235. The zero-order valence-corrected chi connectivity index (χ0v) is 14.2. The van der Waals surface area contributed by atoms with Crippen LogP contribution in [0.5, 0.6) is 5.75 Å². The van der Waals surface area contributed by atoms with Crippen molar-refractivity contribution in [2.75, 3.05) is 12.0 Å². The predicted molar refractivity (Wildman–Crippen MR) is 93.1 cm³/mol. The molecule has 1 aromatic heterocycles. The van der Waals surface area contributed by atoms with Crippen molar-refractivity contribution in [3.63, 3.8) is 0 Å². The average molecular weight is 355 g/mol. The molecule has 6 nitrogen and oxygen atoms in total. The van der Waals surface area contributed by atoms with Gasteiger partial charge in [0.1, 0.15) is 0 Å². The van der Waals surface area contributed by atoms with Crippen LogP contribution in [0.3, 0.4) is 0 Å². The Morgan fingerprint density at radius 2 is 2.00 bits per heavy atom. The number of benzene rings is 1. The summed E-state index contributed by atoms with van der Waals surface area (Å²) in [6.45, 7) is 4.24. The Hall–Kier alpha value is -2.05. The Morgan fingerprint density at radius 1 is 1.30 bits per heavy atom. The first-order chi connectivity index (χ1) is 11.0. The number of ether oxygens (including phenoxy) is 1. The fraction of sp³-hybridized carbons (Fsp3) is 0.267. The van der Waals surface area contributed by atoms with Crippen molar-refractivity contribution >= 4 is 35.4 Å². The topological polar surface area (TPSA) is 79.4 Å². The number of anilines is 1. The third-order valence-electron chi connectivity index (χ3n) is 2.85. The van der Waals surface area contributed by atoms with Gasteiger partial charge >= 0.3 is 0 Å². The lowest BCUT2D eigenvalue weighted by atomic mass is 10.2. The van der Waals surface area contributed by atoms with Crippen molar-refractivity contribution in [1.29, 1.82) is 0 Å². The number of aromatic amines is 1. The number of hydrazone groups is 1. The molecule has 0 aliphatic rings. The molecule has 23 heavy (non-hydrogen) atoms. The minimum Gasteiger partial charge on any atom is -0.491 e. The van der Waals surface area contributed by atoms with Gasteiger partial charge in [-0.2, -0.15) is 5.10 Å². The summed E-state index contributed by atoms with van der Waals surface area (Å²) in [4.78, 5) is 18.2. The van der Waals surface area contributed by atoms with Gasteiger partial charge in [-0.1, -0.05) is 30.1 Å². The third-order valence-corrected chi connectivity index (χ3v) is 3.41. The monoisotopic (exact) mass is 354 g/mol. The number of aromatic nitrogens is 2. The van der Waals surface area contributed by atoms with Crippen molar-refractivity contribution in [3.8, 4) is 5.75 Å². The molecule has 0 unspecified atom stereocenters. The van der Waals surface area contributed by atoms with Crippen LogP contribution in [0.1, 0.15) is 25.1 Å². The van der Waals surface area contributed by atoms with Gasteiger partial charge in [-0.3, -0.25) is 9.78 Å². The van der Waals surface area contributed by atoms with E-state index in [1.165, 1.54) is 12.3 Å². The SMILES string of the molecule is CCOc1c(Cl)cc(/C=N\Nc2nc(CC)cc(=O)[nH]2)cc1Cl. The van der Waals surface area contributed by atoms with E-state index < -0.39 is 0 Å². The number of hydrogen-bond acceptors (Lipinski definition) is 5. The Labute approximate surface area is 143 Å². The zero-order chi connectivity index (χ0) is 16.8. The van der Waals surface area contributed by atoms with Gasteiger partial charge in [-0.05, 0) is 31.0 Å². The molecule has 2 aromatic rings. The maximum Gasteiger partial charge on any atom is 0.252 e. The van der Waals surface area contributed by atoms with Crippen molar-refractivity contribution in [2.45, 2.75) is 20.3 Å². The van der Waals surface area contributed by atoms with Crippen molar-refractivity contribution in [1.82, 2.24) is 9.97 Å². The van der Waals surface area contributed by atoms with Crippen LogP contribution in [-0.4, -0.2) is 22.8 Å². The number of nitrogens with one attached hydrogen (secondary N) is 2. The molecule has 1 aromatic carbocycles. The third kappa shape index (κ3) is 4.71. The van der Waals surface area contributed by atoms with Gasteiger partial charge in [0.15, 0.2) is 5.75 Å². The highest BCUT2D eigenvalue weighted by Gasteiger charge is 2.08. The molecule has 0 aliphatic carbocycles. The van der Waals surface area contributed by atoms with E-state index in [9.17, 15) is 4.79 Å². The summed E-state index contributed by atoms with van der Waals surface area (Å²) in [6, 6.07) is 4.81. The predicted octanol–water partition coefficient (Wildman–Crippen LogP) is 3.48. The lowest BCUT2D eigenvalue weighted by Gasteiger charge is -2.08. The van der Waals surface area contributed by atoms with Crippen LogP contribution in [0.15, 0.2) is 28.1 Å². The van der Waals surface area contributed by atoms with E-state index in [2.05, 4.69) is 20.5 Å². The smallest absolute Gasteiger partial charge is 0.252 e. The molecular weight excluding hydrogens is 339 g/mol. The van der Waals surface area contributed by atoms with Gasteiger partial charge in [0.05, 0.1) is 22.9 Å². The van der Waals surface area contributed by atoms with E-state index in [0.717, 1.165) is 0 Å². The van der Waals surface area contributed by atoms with Gasteiger partial charge in [0, 0.05) is 11.8 Å². The standard InChI is InChI=1S/C15H16Cl2N4O2/c1-3-10-7-13(22)20-15(19-10)21-18-8-9-5-11(16)14(23-4-2)12(17)6-9/h5-8H,3-4H2,1-2H3,(H2,19,20,21,22)/b18-8-. The normalized spacial score (nSPS) is 11.0. The Morgan fingerprint density at radius 3 is 2.61 bits per heavy atom. The highest BCUT2D eigenvalue weighted by Crippen LogP contribution is 2.33. The maximum absolute atomic E-state index is 11.5. The van der Waals surface area contributed by atoms with Crippen LogP contribution >= 0.6 is 23.2 Å². The van der Waals surface area contributed by atoms with E-state index >= 15 is 0 Å². The summed E-state index contributed by atoms with van der Waals surface area (Å²) >= 11 is 12.2. The number of rotatable bonds is 6. The van der Waals surface area contributed by atoms with Gasteiger partial charge in [-0.25, -0.2) is 10.4 Å². The highest BCUT2D eigenvalue weighted by molar-refractivity contribution is 6.37. The van der Waals surface area contributed by atoms with E-state index in [4.69, 9.17) is 27.9 Å². The van der Waals surface area contributed by atoms with E-state index in [1.807, 2.05) is 13.8 Å². The van der Waals surface area contributed by atoms with E-state index in [-0.39, 0.29) is 11.5 Å². The largest absolute Gasteiger partial charge is 0.491 e. The van der Waals surface area contributed by atoms with E-state index in [0.29, 0.717) is 40.1 Å². The van der Waals surface area contributed by atoms with Gasteiger partial charge in [0.25, 0.3) is 5.56 Å². The first kappa shape index (κ1) is 17.3. The summed E-state index contributed by atoms with van der Waals surface area (Å²) in [5, 5.41) is 4.83. The Bertz CT molecular complexity index is 751. The van der Waals surface area contributed by atoms with Crippen molar-refractivity contribution in [3.05, 3.63) is 49.9 Å². The molecule has 8 heteroatoms. The first-order valence-corrected chi connectivity index (χ1v) is 7.80. The van der Waals surface area contributed by atoms with Gasteiger partial charge < -0.3 is 4.74 Å². The summed E-state index contributed by atoms with van der Waals surface area (Å²) in [5.41, 5.74) is 3.80. The van der Waals surface area contributed by atoms with Crippen LogP contribution < -0.4 is 15.7 Å². The second-order valence-electron chi connectivity index (χ2n) is 4.56. The van der Waals surface area contributed by atoms with Crippen LogP contribution in [-0.2, 0) is 6.42 Å². The van der Waals surface area contributed by atoms with Crippen LogP contribution in [0.4, 0.5) is 5.95 Å². The molecule has 0 fully saturated rings. The maximum atomic E-state index is 11.5. The first-order valence-electron chi connectivity index (χ1n) is 7.04. The molecular formula is C15H16Cl2N4O2. The lowest BCUT2D eigenvalue weighted by molar-refractivity contribution is 0.340. The number of aryl methyl sites for hydroxylation is 1. The minimum absolute atomic E-state index is 0.235. The number of hydrogen-bond donors (Lipinski definition) is 2. The molecule has 0 saturated heterocycles. The molecule has 1 heterocycles. The highest BCUT2D eigenvalue weighted by atomic mass is 35.5. The molecule has 0 spiro atoms. The molecule has 0 atom stereocenters. The van der Waals surface area contributed by atoms with Crippen LogP contribution in [0.25, 0.3) is 0 Å². The zero-order valence-electron chi connectivity index (χ0n) is 12.7. The molecule has 122 valence electrons. The number of H-pyrrole nitrogens is 1. The second-order valence-corrected chi connectivity index (χ2v) is 5.37. The molecule has 2 rings (SSSR count). The summed E-state index contributed by atoms with van der Waals surface area (Å²) in [6.07, 6.45) is 2.18. The summed E-state index contributed by atoms with van der Waals surface area (Å²) < 4.78 is 5.36. The van der Waals surface area contributed by atoms with Gasteiger partial charge in [-0.15, -0.1) is 0 Å². The molecule has 0 aliphatic heterocycles. The van der Waals surface area contributed by atoms with Crippen LogP contribution in [0.2, 0.25) is 10.0 Å². The molecule has 0 saturated carbocycles. The average Bonchev–Trinajstić information content (AvgIpc) is 2.50. The molecule has 0 amide bonds. The second kappa shape index (κ2) is 7.99. The molecule has 0 radical (unpaired) electrons. The fourth-order valence-electron chi connectivity index (χ4n) is 1.85. The number of halogens is 2. The van der Waals surface area contributed by atoms with Crippen LogP contribution in [0, 0.1) is 0 Å². The molecule has 0 bridgehead atoms. The van der Waals surface area contributed by atoms with Gasteiger partial charge in [0.2, 0.25) is 5.95 Å². The van der Waals surface area contributed by atoms with E-state index in [1.54, 1.807) is 12.1 Å². The fourth-order valence-corrected chi connectivity index (χ4v) is 2.46. The Balaban J connectivity index is 2.15.